The predicted octanol–water partition coefficient (Wildman–Crippen LogP) is 9.74. The van der Waals surface area contributed by atoms with Crippen LogP contribution in [0.1, 0.15) is 31.1 Å². The van der Waals surface area contributed by atoms with Crippen molar-refractivity contribution in [3.05, 3.63) is 150 Å². The summed E-state index contributed by atoms with van der Waals surface area (Å²) in [4.78, 5) is 38.9. The topological polar surface area (TPSA) is 116 Å². The predicted molar refractivity (Wildman–Crippen MR) is 231 cm³/mol. The molecule has 0 N–H and O–H groups in total. The highest BCUT2D eigenvalue weighted by atomic mass is 16.7. The molecule has 0 spiro atoms. The molecule has 0 saturated carbocycles. The SMILES string of the molecule is O=C(OCCOCCOC(=O)c1ccc2ccc3cccc4ccc1c2c34)c1ccccc1OCOCCOCCOC(=O)c1ccc2ccc3cccc4ccc1c2c34. The molecule has 0 fully saturated rings. The van der Waals surface area contributed by atoms with Crippen LogP contribution in [0.2, 0.25) is 0 Å². The van der Waals surface area contributed by atoms with Gasteiger partial charge in [-0.1, -0.05) is 109 Å². The summed E-state index contributed by atoms with van der Waals surface area (Å²) in [6.07, 6.45) is 0. The van der Waals surface area contributed by atoms with Crippen molar-refractivity contribution < 1.29 is 47.5 Å². The highest BCUT2D eigenvalue weighted by Crippen LogP contribution is 2.37. The number of rotatable bonds is 18. The number of esters is 3. The van der Waals surface area contributed by atoms with Crippen LogP contribution in [-0.4, -0.2) is 77.6 Å². The van der Waals surface area contributed by atoms with E-state index in [0.29, 0.717) is 16.9 Å². The molecule has 9 aromatic rings. The van der Waals surface area contributed by atoms with E-state index in [9.17, 15) is 14.4 Å². The minimum Gasteiger partial charge on any atom is -0.467 e. The molecular formula is C50H40O10. The van der Waals surface area contributed by atoms with Crippen LogP contribution in [-0.2, 0) is 28.4 Å². The summed E-state index contributed by atoms with van der Waals surface area (Å²) in [6.45, 7) is 0.960. The highest BCUT2D eigenvalue weighted by molar-refractivity contribution is 6.27. The first-order chi connectivity index (χ1) is 29.5. The van der Waals surface area contributed by atoms with Crippen LogP contribution in [0.5, 0.6) is 5.75 Å². The van der Waals surface area contributed by atoms with E-state index in [4.69, 9.17) is 33.2 Å². The quantitative estimate of drug-likeness (QED) is 0.0273. The Labute approximate surface area is 344 Å². The Bertz CT molecular complexity index is 2940. The van der Waals surface area contributed by atoms with Gasteiger partial charge in [-0.3, -0.25) is 0 Å². The zero-order valence-corrected chi connectivity index (χ0v) is 32.6. The molecule has 10 nitrogen and oxygen atoms in total. The Balaban J connectivity index is 0.655. The summed E-state index contributed by atoms with van der Waals surface area (Å²) in [5.74, 6) is -1.09. The first-order valence-corrected chi connectivity index (χ1v) is 19.8. The van der Waals surface area contributed by atoms with Crippen LogP contribution < -0.4 is 4.74 Å². The van der Waals surface area contributed by atoms with Gasteiger partial charge in [-0.2, -0.15) is 0 Å². The zero-order chi connectivity index (χ0) is 40.8. The van der Waals surface area contributed by atoms with Crippen molar-refractivity contribution in [2.45, 2.75) is 0 Å². The van der Waals surface area contributed by atoms with E-state index in [2.05, 4.69) is 48.5 Å². The molecule has 300 valence electrons. The number of ether oxygens (including phenoxy) is 7. The number of carbonyl (C=O) groups is 3. The van der Waals surface area contributed by atoms with Crippen LogP contribution in [0, 0.1) is 0 Å². The lowest BCUT2D eigenvalue weighted by atomic mass is 9.92. The molecular weight excluding hydrogens is 761 g/mol. The van der Waals surface area contributed by atoms with E-state index in [1.165, 1.54) is 0 Å². The first kappa shape index (κ1) is 38.7. The zero-order valence-electron chi connectivity index (χ0n) is 32.6. The summed E-state index contributed by atoms with van der Waals surface area (Å²) in [7, 11) is 0. The van der Waals surface area contributed by atoms with Gasteiger partial charge in [-0.15, -0.1) is 0 Å². The standard InChI is InChI=1S/C50H40O10/c51-48(40-21-17-36-13-11-32-5-3-7-34-15-19-38(40)46(36)44(32)34)57-28-25-54-23-24-56-31-60-43-10-2-1-9-42(43)50(53)59-30-27-55-26-29-58-49(52)41-22-18-37-14-12-33-6-4-8-35-16-20-39(41)47(37)45(33)35/h1-22H,23-31H2. The van der Waals surface area contributed by atoms with Gasteiger partial charge >= 0.3 is 17.9 Å². The van der Waals surface area contributed by atoms with E-state index in [1.807, 2.05) is 54.6 Å². The van der Waals surface area contributed by atoms with E-state index in [-0.39, 0.29) is 65.2 Å². The monoisotopic (exact) mass is 800 g/mol. The van der Waals surface area contributed by atoms with Crippen molar-refractivity contribution in [3.63, 3.8) is 0 Å². The van der Waals surface area contributed by atoms with Crippen molar-refractivity contribution >= 4 is 82.5 Å². The molecule has 0 aliphatic carbocycles. The number of carbonyl (C=O) groups excluding carboxylic acids is 3. The molecule has 0 atom stereocenters. The van der Waals surface area contributed by atoms with Crippen LogP contribution in [0.15, 0.2) is 133 Å². The second-order valence-electron chi connectivity index (χ2n) is 14.2. The van der Waals surface area contributed by atoms with Gasteiger partial charge in [0.1, 0.15) is 31.1 Å². The van der Waals surface area contributed by atoms with Gasteiger partial charge in [0.25, 0.3) is 0 Å². The Kier molecular flexibility index (Phi) is 11.3. The van der Waals surface area contributed by atoms with Crippen LogP contribution in [0.3, 0.4) is 0 Å². The number of hydrogen-bond acceptors (Lipinski definition) is 10. The maximum Gasteiger partial charge on any atom is 0.342 e. The van der Waals surface area contributed by atoms with Crippen LogP contribution in [0.4, 0.5) is 0 Å². The van der Waals surface area contributed by atoms with Crippen LogP contribution in [0.25, 0.3) is 64.6 Å². The maximum atomic E-state index is 13.1. The smallest absolute Gasteiger partial charge is 0.342 e. The summed E-state index contributed by atoms with van der Waals surface area (Å²) >= 11 is 0. The molecule has 10 heteroatoms. The normalized spacial score (nSPS) is 11.7. The fourth-order valence-electron chi connectivity index (χ4n) is 7.89. The molecule has 0 amide bonds. The molecule has 9 aromatic carbocycles. The molecule has 0 saturated heterocycles. The molecule has 0 aliphatic heterocycles. The maximum absolute atomic E-state index is 13.1. The Morgan fingerprint density at radius 3 is 1.22 bits per heavy atom. The molecule has 0 heterocycles. The van der Waals surface area contributed by atoms with Gasteiger partial charge in [0.15, 0.2) is 6.79 Å². The van der Waals surface area contributed by atoms with E-state index in [0.717, 1.165) is 64.6 Å². The average Bonchev–Trinajstić information content (AvgIpc) is 3.28. The van der Waals surface area contributed by atoms with E-state index < -0.39 is 17.9 Å². The van der Waals surface area contributed by atoms with Gasteiger partial charge in [-0.05, 0) is 88.9 Å². The third-order valence-electron chi connectivity index (χ3n) is 10.7. The summed E-state index contributed by atoms with van der Waals surface area (Å²) < 4.78 is 38.9. The van der Waals surface area contributed by atoms with Crippen molar-refractivity contribution in [3.8, 4) is 5.75 Å². The second kappa shape index (κ2) is 17.6. The molecule has 9 rings (SSSR count). The van der Waals surface area contributed by atoms with Crippen molar-refractivity contribution in [2.24, 2.45) is 0 Å². The Morgan fingerprint density at radius 2 is 0.717 bits per heavy atom. The number of para-hydroxylation sites is 1. The second-order valence-corrected chi connectivity index (χ2v) is 14.2. The largest absolute Gasteiger partial charge is 0.467 e. The lowest BCUT2D eigenvalue weighted by molar-refractivity contribution is -0.0243. The van der Waals surface area contributed by atoms with Crippen molar-refractivity contribution in [2.75, 3.05) is 59.6 Å². The first-order valence-electron chi connectivity index (χ1n) is 19.8. The third-order valence-corrected chi connectivity index (χ3v) is 10.7. The van der Waals surface area contributed by atoms with Gasteiger partial charge in [0.05, 0.1) is 44.2 Å². The Hall–Kier alpha value is -6.85. The minimum absolute atomic E-state index is 0.00220. The van der Waals surface area contributed by atoms with Crippen molar-refractivity contribution in [1.82, 2.24) is 0 Å². The number of hydrogen-bond donors (Lipinski definition) is 0. The molecule has 0 unspecified atom stereocenters. The molecule has 0 aromatic heterocycles. The number of benzene rings is 9. The molecule has 60 heavy (non-hydrogen) atoms. The van der Waals surface area contributed by atoms with Crippen molar-refractivity contribution in [1.29, 1.82) is 0 Å². The molecule has 0 aliphatic rings. The lowest BCUT2D eigenvalue weighted by Gasteiger charge is -2.14. The fraction of sp³-hybridized carbons (Fsp3) is 0.180. The minimum atomic E-state index is -0.574. The molecule has 0 bridgehead atoms. The lowest BCUT2D eigenvalue weighted by Crippen LogP contribution is -2.16. The Morgan fingerprint density at radius 1 is 0.333 bits per heavy atom. The molecule has 0 radical (unpaired) electrons. The fourth-order valence-corrected chi connectivity index (χ4v) is 7.89. The van der Waals surface area contributed by atoms with Crippen LogP contribution >= 0.6 is 0 Å². The van der Waals surface area contributed by atoms with Gasteiger partial charge in [0.2, 0.25) is 0 Å². The van der Waals surface area contributed by atoms with Gasteiger partial charge in [0, 0.05) is 0 Å². The third kappa shape index (κ3) is 7.83. The van der Waals surface area contributed by atoms with Gasteiger partial charge < -0.3 is 33.2 Å². The highest BCUT2D eigenvalue weighted by Gasteiger charge is 2.18. The summed E-state index contributed by atoms with van der Waals surface area (Å²) in [5, 5.41) is 12.8. The summed E-state index contributed by atoms with van der Waals surface area (Å²) in [5.41, 5.74) is 1.26. The van der Waals surface area contributed by atoms with Gasteiger partial charge in [-0.25, -0.2) is 14.4 Å². The van der Waals surface area contributed by atoms with E-state index in [1.54, 1.807) is 30.3 Å². The average molecular weight is 801 g/mol. The van der Waals surface area contributed by atoms with E-state index >= 15 is 0 Å². The summed E-state index contributed by atoms with van der Waals surface area (Å²) in [6, 6.07) is 43.0.